The summed E-state index contributed by atoms with van der Waals surface area (Å²) in [5, 5.41) is 0. The van der Waals surface area contributed by atoms with Crippen molar-refractivity contribution in [3.63, 3.8) is 0 Å². The van der Waals surface area contributed by atoms with Crippen molar-refractivity contribution >= 4 is 11.1 Å². The van der Waals surface area contributed by atoms with E-state index < -0.39 is 0 Å². The Bertz CT molecular complexity index is 1050. The Morgan fingerprint density at radius 3 is 1.62 bits per heavy atom. The van der Waals surface area contributed by atoms with E-state index in [1.807, 2.05) is 0 Å². The fraction of sp³-hybridized carbons (Fsp3) is 0.241. The summed E-state index contributed by atoms with van der Waals surface area (Å²) in [7, 11) is 0. The maximum atomic E-state index is 4.51. The molecule has 0 bridgehead atoms. The van der Waals surface area contributed by atoms with E-state index in [1.165, 1.54) is 55.7 Å². The van der Waals surface area contributed by atoms with Gasteiger partial charge in [-0.1, -0.05) is 102 Å². The van der Waals surface area contributed by atoms with Gasteiger partial charge in [0.2, 0.25) is 0 Å². The Hall–Kier alpha value is -2.86. The standard InChI is InChI=1S/C29H32/c1-8-23(6)29(26-17-21(4)14-22(5)18-26)28-12-10-9-11-27(28)24(7)25-15-19(2)13-20(3)16-25/h9-18H,7-8H2,1-6H3/b29-23-. The second-order valence-corrected chi connectivity index (χ2v) is 8.29. The van der Waals surface area contributed by atoms with Crippen LogP contribution in [0.15, 0.2) is 72.8 Å². The molecule has 0 spiro atoms. The van der Waals surface area contributed by atoms with Crippen molar-refractivity contribution in [2.24, 2.45) is 0 Å². The molecule has 0 radical (unpaired) electrons. The van der Waals surface area contributed by atoms with Gasteiger partial charge in [-0.15, -0.1) is 0 Å². The summed E-state index contributed by atoms with van der Waals surface area (Å²) >= 11 is 0. The molecule has 0 heterocycles. The lowest BCUT2D eigenvalue weighted by Gasteiger charge is -2.19. The molecule has 29 heavy (non-hydrogen) atoms. The molecule has 0 aliphatic rings. The molecule has 0 saturated heterocycles. The minimum Gasteiger partial charge on any atom is -0.0905 e. The average molecular weight is 381 g/mol. The van der Waals surface area contributed by atoms with Crippen molar-refractivity contribution < 1.29 is 0 Å². The minimum absolute atomic E-state index is 1.02. The molecule has 3 aromatic carbocycles. The highest BCUT2D eigenvalue weighted by molar-refractivity contribution is 5.92. The molecule has 0 unspecified atom stereocenters. The van der Waals surface area contributed by atoms with Crippen LogP contribution in [0.2, 0.25) is 0 Å². The molecule has 0 heteroatoms. The molecule has 0 atom stereocenters. The molecule has 0 amide bonds. The van der Waals surface area contributed by atoms with Gasteiger partial charge in [0.15, 0.2) is 0 Å². The van der Waals surface area contributed by atoms with Gasteiger partial charge in [-0.25, -0.2) is 0 Å². The number of aryl methyl sites for hydroxylation is 4. The molecule has 0 nitrogen and oxygen atoms in total. The summed E-state index contributed by atoms with van der Waals surface area (Å²) in [6, 6.07) is 22.2. The van der Waals surface area contributed by atoms with Crippen molar-refractivity contribution in [2.45, 2.75) is 48.0 Å². The third kappa shape index (κ3) is 4.59. The van der Waals surface area contributed by atoms with E-state index in [1.54, 1.807) is 0 Å². The zero-order chi connectivity index (χ0) is 21.1. The van der Waals surface area contributed by atoms with Gasteiger partial charge in [0.25, 0.3) is 0 Å². The number of allylic oxidation sites excluding steroid dienone is 1. The second-order valence-electron chi connectivity index (χ2n) is 8.29. The average Bonchev–Trinajstić information content (AvgIpc) is 2.66. The van der Waals surface area contributed by atoms with Crippen LogP contribution >= 0.6 is 0 Å². The first-order valence-corrected chi connectivity index (χ1v) is 10.5. The summed E-state index contributed by atoms with van der Waals surface area (Å²) in [5.74, 6) is 0. The van der Waals surface area contributed by atoms with Crippen LogP contribution < -0.4 is 0 Å². The Kier molecular flexibility index (Phi) is 6.23. The Morgan fingerprint density at radius 1 is 0.690 bits per heavy atom. The Balaban J connectivity index is 2.23. The van der Waals surface area contributed by atoms with Crippen LogP contribution in [0.5, 0.6) is 0 Å². The highest BCUT2D eigenvalue weighted by Gasteiger charge is 2.16. The SMILES string of the molecule is C=C(c1cc(C)cc(C)c1)c1ccccc1/C(=C(/C)CC)c1cc(C)cc(C)c1. The van der Waals surface area contributed by atoms with E-state index in [-0.39, 0.29) is 0 Å². The van der Waals surface area contributed by atoms with Gasteiger partial charge < -0.3 is 0 Å². The van der Waals surface area contributed by atoms with Crippen LogP contribution in [0.25, 0.3) is 11.1 Å². The molecular weight excluding hydrogens is 348 g/mol. The topological polar surface area (TPSA) is 0 Å². The number of hydrogen-bond acceptors (Lipinski definition) is 0. The predicted molar refractivity (Wildman–Crippen MR) is 128 cm³/mol. The molecule has 3 rings (SSSR count). The lowest BCUT2D eigenvalue weighted by molar-refractivity contribution is 1.10. The van der Waals surface area contributed by atoms with E-state index in [9.17, 15) is 0 Å². The van der Waals surface area contributed by atoms with Crippen molar-refractivity contribution in [3.8, 4) is 0 Å². The van der Waals surface area contributed by atoms with Gasteiger partial charge >= 0.3 is 0 Å². The summed E-state index contributed by atoms with van der Waals surface area (Å²) < 4.78 is 0. The molecular formula is C29H32. The third-order valence-corrected chi connectivity index (χ3v) is 5.56. The van der Waals surface area contributed by atoms with E-state index in [4.69, 9.17) is 0 Å². The highest BCUT2D eigenvalue weighted by Crippen LogP contribution is 2.36. The van der Waals surface area contributed by atoms with Gasteiger partial charge in [-0.05, 0) is 74.4 Å². The Morgan fingerprint density at radius 2 is 1.14 bits per heavy atom. The quantitative estimate of drug-likeness (QED) is 0.418. The van der Waals surface area contributed by atoms with Crippen LogP contribution in [0, 0.1) is 27.7 Å². The normalized spacial score (nSPS) is 11.9. The van der Waals surface area contributed by atoms with E-state index >= 15 is 0 Å². The van der Waals surface area contributed by atoms with Gasteiger partial charge in [-0.2, -0.15) is 0 Å². The van der Waals surface area contributed by atoms with Gasteiger partial charge in [-0.3, -0.25) is 0 Å². The first kappa shape index (κ1) is 20.9. The van der Waals surface area contributed by atoms with Crippen LogP contribution in [0.3, 0.4) is 0 Å². The number of hydrogen-bond donors (Lipinski definition) is 0. The summed E-state index contributed by atoms with van der Waals surface area (Å²) in [6.45, 7) is 17.7. The van der Waals surface area contributed by atoms with Crippen molar-refractivity contribution in [1.82, 2.24) is 0 Å². The lowest BCUT2D eigenvalue weighted by Crippen LogP contribution is -1.99. The maximum Gasteiger partial charge on any atom is -0.01000 e. The molecule has 0 fully saturated rings. The van der Waals surface area contributed by atoms with Crippen LogP contribution in [0.1, 0.15) is 64.8 Å². The van der Waals surface area contributed by atoms with E-state index in [2.05, 4.69) is 109 Å². The van der Waals surface area contributed by atoms with Gasteiger partial charge in [0, 0.05) is 0 Å². The fourth-order valence-corrected chi connectivity index (χ4v) is 4.20. The van der Waals surface area contributed by atoms with Gasteiger partial charge in [0.1, 0.15) is 0 Å². The minimum atomic E-state index is 1.02. The monoisotopic (exact) mass is 380 g/mol. The van der Waals surface area contributed by atoms with Gasteiger partial charge in [0.05, 0.1) is 0 Å². The fourth-order valence-electron chi connectivity index (χ4n) is 4.20. The van der Waals surface area contributed by atoms with Crippen LogP contribution in [-0.4, -0.2) is 0 Å². The molecule has 148 valence electrons. The smallest absolute Gasteiger partial charge is 0.01000 e. The van der Waals surface area contributed by atoms with E-state index in [0.29, 0.717) is 0 Å². The van der Waals surface area contributed by atoms with Crippen LogP contribution in [0.4, 0.5) is 0 Å². The lowest BCUT2D eigenvalue weighted by atomic mass is 9.84. The molecule has 0 aromatic heterocycles. The summed E-state index contributed by atoms with van der Waals surface area (Å²) in [4.78, 5) is 0. The maximum absolute atomic E-state index is 4.51. The first-order chi connectivity index (χ1) is 13.8. The zero-order valence-electron chi connectivity index (χ0n) is 18.7. The zero-order valence-corrected chi connectivity index (χ0v) is 18.7. The molecule has 3 aromatic rings. The molecule has 0 aliphatic carbocycles. The third-order valence-electron chi connectivity index (χ3n) is 5.56. The van der Waals surface area contributed by atoms with Crippen molar-refractivity contribution in [3.05, 3.63) is 117 Å². The molecule has 0 N–H and O–H groups in total. The molecule has 0 aliphatic heterocycles. The number of rotatable bonds is 5. The Labute approximate surface area is 176 Å². The predicted octanol–water partition coefficient (Wildman–Crippen LogP) is 8.21. The molecule has 0 saturated carbocycles. The summed E-state index contributed by atoms with van der Waals surface area (Å²) in [5.41, 5.74) is 13.9. The van der Waals surface area contributed by atoms with E-state index in [0.717, 1.165) is 12.0 Å². The van der Waals surface area contributed by atoms with Crippen LogP contribution in [-0.2, 0) is 0 Å². The van der Waals surface area contributed by atoms with Crippen molar-refractivity contribution in [1.29, 1.82) is 0 Å². The second kappa shape index (κ2) is 8.66. The largest absolute Gasteiger partial charge is 0.0905 e. The highest BCUT2D eigenvalue weighted by atomic mass is 14.2. The first-order valence-electron chi connectivity index (χ1n) is 10.5. The summed E-state index contributed by atoms with van der Waals surface area (Å²) in [6.07, 6.45) is 1.02. The number of benzene rings is 3. The van der Waals surface area contributed by atoms with Crippen molar-refractivity contribution in [2.75, 3.05) is 0 Å².